The van der Waals surface area contributed by atoms with E-state index < -0.39 is 0 Å². The van der Waals surface area contributed by atoms with Crippen LogP contribution in [-0.4, -0.2) is 0 Å². The highest BCUT2D eigenvalue weighted by Gasteiger charge is 2.06. The third-order valence-corrected chi connectivity index (χ3v) is 7.76. The van der Waals surface area contributed by atoms with Crippen molar-refractivity contribution in [2.75, 3.05) is 0 Å². The molecule has 0 aliphatic rings. The summed E-state index contributed by atoms with van der Waals surface area (Å²) in [5, 5.41) is 0. The molecule has 0 saturated carbocycles. The minimum atomic E-state index is 1.02. The molecule has 0 nitrogen and oxygen atoms in total. The second-order valence-corrected chi connectivity index (χ2v) is 11.0. The smallest absolute Gasteiger partial charge is 0.0417 e. The summed E-state index contributed by atoms with van der Waals surface area (Å²) in [6.45, 7) is 7.04. The first-order valence-corrected chi connectivity index (χ1v) is 15.8. The van der Waals surface area contributed by atoms with Crippen LogP contribution in [0.15, 0.2) is 0 Å². The maximum Gasteiger partial charge on any atom is -0.0417 e. The van der Waals surface area contributed by atoms with E-state index in [1.807, 2.05) is 0 Å². The molecule has 0 heteroatoms. The molecule has 0 N–H and O–H groups in total. The van der Waals surface area contributed by atoms with Crippen molar-refractivity contribution in [1.82, 2.24) is 0 Å². The highest BCUT2D eigenvalue weighted by molar-refractivity contribution is 4.59. The lowest BCUT2D eigenvalue weighted by atomic mass is 9.92. The van der Waals surface area contributed by atoms with Crippen LogP contribution in [0, 0.1) is 5.92 Å². The standard InChI is InChI=1S/C32H66/c1-4-7-9-11-13-15-17-18-19-21-23-25-27-29-31-32(6-3)30-28-26-24-22-20-16-14-12-10-8-5-2/h32H,4-31H2,1-3H3. The van der Waals surface area contributed by atoms with Gasteiger partial charge in [-0.3, -0.25) is 0 Å². The number of hydrogen-bond donors (Lipinski definition) is 0. The van der Waals surface area contributed by atoms with Crippen LogP contribution >= 0.6 is 0 Å². The van der Waals surface area contributed by atoms with Gasteiger partial charge < -0.3 is 0 Å². The average molecular weight is 451 g/mol. The molecule has 0 spiro atoms. The highest BCUT2D eigenvalue weighted by atomic mass is 14.1. The molecule has 32 heavy (non-hydrogen) atoms. The lowest BCUT2D eigenvalue weighted by Crippen LogP contribution is -1.99. The lowest BCUT2D eigenvalue weighted by Gasteiger charge is -2.14. The Morgan fingerprint density at radius 2 is 0.500 bits per heavy atom. The lowest BCUT2D eigenvalue weighted by molar-refractivity contribution is 0.392. The fraction of sp³-hybridized carbons (Fsp3) is 1.00. The molecule has 0 aromatic carbocycles. The summed E-state index contributed by atoms with van der Waals surface area (Å²) in [7, 11) is 0. The van der Waals surface area contributed by atoms with Gasteiger partial charge >= 0.3 is 0 Å². The molecular weight excluding hydrogens is 384 g/mol. The molecule has 0 aromatic rings. The van der Waals surface area contributed by atoms with Gasteiger partial charge in [-0.25, -0.2) is 0 Å². The van der Waals surface area contributed by atoms with Crippen LogP contribution in [0.25, 0.3) is 0 Å². The van der Waals surface area contributed by atoms with E-state index in [9.17, 15) is 0 Å². The van der Waals surface area contributed by atoms with Crippen LogP contribution in [0.3, 0.4) is 0 Å². The molecule has 0 bridgehead atoms. The predicted octanol–water partition coefficient (Wildman–Crippen LogP) is 12.6. The van der Waals surface area contributed by atoms with E-state index in [0.717, 1.165) is 5.92 Å². The maximum absolute atomic E-state index is 2.42. The van der Waals surface area contributed by atoms with Crippen molar-refractivity contribution < 1.29 is 0 Å². The Kier molecular flexibility index (Phi) is 29.0. The molecule has 1 atom stereocenters. The van der Waals surface area contributed by atoms with Gasteiger partial charge in [0, 0.05) is 0 Å². The molecule has 0 aromatic heterocycles. The van der Waals surface area contributed by atoms with E-state index in [-0.39, 0.29) is 0 Å². The molecule has 0 rings (SSSR count). The zero-order chi connectivity index (χ0) is 23.4. The summed E-state index contributed by atoms with van der Waals surface area (Å²) < 4.78 is 0. The third-order valence-electron chi connectivity index (χ3n) is 7.76. The van der Waals surface area contributed by atoms with Gasteiger partial charge in [-0.15, -0.1) is 0 Å². The Morgan fingerprint density at radius 1 is 0.281 bits per heavy atom. The molecule has 0 radical (unpaired) electrons. The van der Waals surface area contributed by atoms with Gasteiger partial charge in [0.2, 0.25) is 0 Å². The highest BCUT2D eigenvalue weighted by Crippen LogP contribution is 2.22. The van der Waals surface area contributed by atoms with Crippen molar-refractivity contribution in [2.45, 2.75) is 201 Å². The van der Waals surface area contributed by atoms with Crippen molar-refractivity contribution in [3.63, 3.8) is 0 Å². The minimum Gasteiger partial charge on any atom is -0.0654 e. The fourth-order valence-corrected chi connectivity index (χ4v) is 5.28. The molecule has 0 saturated heterocycles. The van der Waals surface area contributed by atoms with Crippen LogP contribution in [0.2, 0.25) is 0 Å². The molecule has 0 aliphatic carbocycles. The number of unbranched alkanes of at least 4 members (excludes halogenated alkanes) is 23. The molecule has 0 aliphatic heterocycles. The van der Waals surface area contributed by atoms with Crippen molar-refractivity contribution >= 4 is 0 Å². The Hall–Kier alpha value is 0. The van der Waals surface area contributed by atoms with Crippen LogP contribution in [0.4, 0.5) is 0 Å². The van der Waals surface area contributed by atoms with Gasteiger partial charge in [0.1, 0.15) is 0 Å². The second kappa shape index (κ2) is 29.0. The topological polar surface area (TPSA) is 0 Å². The van der Waals surface area contributed by atoms with Crippen molar-refractivity contribution in [1.29, 1.82) is 0 Å². The van der Waals surface area contributed by atoms with Crippen LogP contribution in [0.1, 0.15) is 201 Å². The Balaban J connectivity index is 3.26. The fourth-order valence-electron chi connectivity index (χ4n) is 5.28. The zero-order valence-corrected chi connectivity index (χ0v) is 23.4. The summed E-state index contributed by atoms with van der Waals surface area (Å²) in [6.07, 6.45) is 41.3. The maximum atomic E-state index is 2.42. The molecule has 1 unspecified atom stereocenters. The van der Waals surface area contributed by atoms with E-state index in [1.165, 1.54) is 180 Å². The van der Waals surface area contributed by atoms with Gasteiger partial charge in [-0.1, -0.05) is 201 Å². The SMILES string of the molecule is CCCCCCCCCCCCCCCCC(CC)CCCCCCCCCCCCC. The first-order chi connectivity index (χ1) is 15.8. The Morgan fingerprint density at radius 3 is 0.719 bits per heavy atom. The van der Waals surface area contributed by atoms with E-state index in [2.05, 4.69) is 20.8 Å². The Labute approximate surface area is 206 Å². The van der Waals surface area contributed by atoms with Gasteiger partial charge in [0.15, 0.2) is 0 Å². The van der Waals surface area contributed by atoms with Crippen molar-refractivity contribution in [2.24, 2.45) is 5.92 Å². The van der Waals surface area contributed by atoms with Crippen LogP contribution in [-0.2, 0) is 0 Å². The third kappa shape index (κ3) is 26.3. The number of rotatable bonds is 28. The van der Waals surface area contributed by atoms with E-state index in [4.69, 9.17) is 0 Å². The molecular formula is C32H66. The normalized spacial score (nSPS) is 12.5. The zero-order valence-electron chi connectivity index (χ0n) is 23.4. The summed E-state index contributed by atoms with van der Waals surface area (Å²) in [4.78, 5) is 0. The van der Waals surface area contributed by atoms with Crippen LogP contribution < -0.4 is 0 Å². The van der Waals surface area contributed by atoms with E-state index in [0.29, 0.717) is 0 Å². The summed E-state index contributed by atoms with van der Waals surface area (Å²) >= 11 is 0. The van der Waals surface area contributed by atoms with Gasteiger partial charge in [-0.05, 0) is 5.92 Å². The summed E-state index contributed by atoms with van der Waals surface area (Å²) in [6, 6.07) is 0. The van der Waals surface area contributed by atoms with Gasteiger partial charge in [0.25, 0.3) is 0 Å². The predicted molar refractivity (Wildman–Crippen MR) is 150 cm³/mol. The van der Waals surface area contributed by atoms with Crippen LogP contribution in [0.5, 0.6) is 0 Å². The molecule has 194 valence electrons. The average Bonchev–Trinajstić information content (AvgIpc) is 2.81. The van der Waals surface area contributed by atoms with Crippen molar-refractivity contribution in [3.05, 3.63) is 0 Å². The molecule has 0 heterocycles. The molecule has 0 fully saturated rings. The first kappa shape index (κ1) is 32.0. The summed E-state index contributed by atoms with van der Waals surface area (Å²) in [5.41, 5.74) is 0. The largest absolute Gasteiger partial charge is 0.0654 e. The Bertz CT molecular complexity index is 307. The molecule has 0 amide bonds. The summed E-state index contributed by atoms with van der Waals surface area (Å²) in [5.74, 6) is 1.02. The van der Waals surface area contributed by atoms with Gasteiger partial charge in [-0.2, -0.15) is 0 Å². The van der Waals surface area contributed by atoms with Gasteiger partial charge in [0.05, 0.1) is 0 Å². The van der Waals surface area contributed by atoms with E-state index in [1.54, 1.807) is 0 Å². The second-order valence-electron chi connectivity index (χ2n) is 11.0. The number of hydrogen-bond acceptors (Lipinski definition) is 0. The van der Waals surface area contributed by atoms with E-state index >= 15 is 0 Å². The monoisotopic (exact) mass is 451 g/mol. The van der Waals surface area contributed by atoms with Crippen molar-refractivity contribution in [3.8, 4) is 0 Å². The first-order valence-electron chi connectivity index (χ1n) is 15.8. The quantitative estimate of drug-likeness (QED) is 0.104. The minimum absolute atomic E-state index is 1.02.